The number of anilines is 1. The van der Waals surface area contributed by atoms with E-state index in [1.165, 1.54) is 0 Å². The van der Waals surface area contributed by atoms with Crippen LogP contribution < -0.4 is 4.90 Å². The van der Waals surface area contributed by atoms with E-state index >= 15 is 0 Å². The highest BCUT2D eigenvalue weighted by Crippen LogP contribution is 2.35. The number of hydrogen-bond acceptors (Lipinski definition) is 6. The molecule has 0 aliphatic carbocycles. The quantitative estimate of drug-likeness (QED) is 0.782. The molecule has 116 valence electrons. The van der Waals surface area contributed by atoms with E-state index in [2.05, 4.69) is 14.9 Å². The zero-order valence-electron chi connectivity index (χ0n) is 13.0. The summed E-state index contributed by atoms with van der Waals surface area (Å²) in [6.45, 7) is 7.11. The molecular weight excluding hydrogens is 282 g/mol. The topological polar surface area (TPSA) is 82.4 Å². The van der Waals surface area contributed by atoms with Gasteiger partial charge in [-0.2, -0.15) is 5.26 Å². The fourth-order valence-corrected chi connectivity index (χ4v) is 2.98. The Hall–Kier alpha value is -2.36. The van der Waals surface area contributed by atoms with Crippen LogP contribution in [0.15, 0.2) is 12.4 Å². The number of fused-ring (bicyclic) bond motifs is 2. The van der Waals surface area contributed by atoms with Gasteiger partial charge in [0.25, 0.3) is 0 Å². The molecule has 3 fully saturated rings. The Morgan fingerprint density at radius 2 is 1.91 bits per heavy atom. The predicted octanol–water partition coefficient (Wildman–Crippen LogP) is 1.55. The number of carbonyl (C=O) groups is 1. The van der Waals surface area contributed by atoms with Gasteiger partial charge in [-0.25, -0.2) is 14.8 Å². The monoisotopic (exact) mass is 301 g/mol. The molecule has 4 rings (SSSR count). The van der Waals surface area contributed by atoms with Crippen molar-refractivity contribution in [2.24, 2.45) is 0 Å². The van der Waals surface area contributed by atoms with Gasteiger partial charge in [-0.3, -0.25) is 4.90 Å². The lowest BCUT2D eigenvalue weighted by Crippen LogP contribution is -2.70. The highest BCUT2D eigenvalue weighted by molar-refractivity contribution is 5.71. The molecule has 0 spiro atoms. The van der Waals surface area contributed by atoms with Crippen molar-refractivity contribution in [3.05, 3.63) is 18.2 Å². The zero-order chi connectivity index (χ0) is 15.9. The number of piperidine rings is 1. The SMILES string of the molecule is CC(C)(C)OC(=O)N1C2CC1CN(c1cnc(C#N)nc1)C2. The van der Waals surface area contributed by atoms with Crippen molar-refractivity contribution in [3.8, 4) is 6.07 Å². The maximum atomic E-state index is 12.2. The lowest BCUT2D eigenvalue weighted by molar-refractivity contribution is -0.0379. The largest absolute Gasteiger partial charge is 0.444 e. The molecule has 22 heavy (non-hydrogen) atoms. The maximum absolute atomic E-state index is 12.2. The molecule has 3 aliphatic heterocycles. The summed E-state index contributed by atoms with van der Waals surface area (Å²) >= 11 is 0. The Morgan fingerprint density at radius 3 is 2.41 bits per heavy atom. The van der Waals surface area contributed by atoms with E-state index in [1.54, 1.807) is 12.4 Å². The lowest BCUT2D eigenvalue weighted by Gasteiger charge is -2.56. The number of hydrogen-bond donors (Lipinski definition) is 0. The normalized spacial score (nSPS) is 23.5. The summed E-state index contributed by atoms with van der Waals surface area (Å²) in [5.74, 6) is 0.168. The third kappa shape index (κ3) is 2.69. The zero-order valence-corrected chi connectivity index (χ0v) is 13.0. The van der Waals surface area contributed by atoms with Gasteiger partial charge in [-0.15, -0.1) is 0 Å². The van der Waals surface area contributed by atoms with Crippen molar-refractivity contribution in [1.29, 1.82) is 5.26 Å². The Bertz CT molecular complexity index is 604. The standard InChI is InChI=1S/C15H19N5O2/c1-15(2,3)22-14(21)20-10-4-11(20)9-19(8-10)12-6-17-13(5-16)18-7-12/h6-7,10-11H,4,8-9H2,1-3H3. The number of nitrogens with zero attached hydrogens (tertiary/aromatic N) is 5. The van der Waals surface area contributed by atoms with E-state index in [9.17, 15) is 4.79 Å². The molecule has 2 bridgehead atoms. The third-order valence-electron chi connectivity index (χ3n) is 3.90. The third-order valence-corrected chi connectivity index (χ3v) is 3.90. The molecule has 1 aromatic heterocycles. The molecule has 3 aliphatic rings. The summed E-state index contributed by atoms with van der Waals surface area (Å²) in [7, 11) is 0. The Kier molecular flexibility index (Phi) is 3.39. The molecule has 4 heterocycles. The van der Waals surface area contributed by atoms with Gasteiger partial charge in [0, 0.05) is 13.1 Å². The molecule has 2 atom stereocenters. The van der Waals surface area contributed by atoms with E-state index in [1.807, 2.05) is 31.7 Å². The van der Waals surface area contributed by atoms with Crippen molar-refractivity contribution in [3.63, 3.8) is 0 Å². The van der Waals surface area contributed by atoms with Crippen molar-refractivity contribution in [2.45, 2.75) is 44.9 Å². The van der Waals surface area contributed by atoms with Gasteiger partial charge in [0.15, 0.2) is 0 Å². The van der Waals surface area contributed by atoms with Crippen LogP contribution in [0, 0.1) is 11.3 Å². The molecular formula is C15H19N5O2. The van der Waals surface area contributed by atoms with Crippen LogP contribution in [0.3, 0.4) is 0 Å². The van der Waals surface area contributed by atoms with E-state index in [0.29, 0.717) is 0 Å². The van der Waals surface area contributed by atoms with E-state index in [4.69, 9.17) is 10.00 Å². The van der Waals surface area contributed by atoms with Crippen LogP contribution >= 0.6 is 0 Å². The molecule has 0 N–H and O–H groups in total. The minimum absolute atomic E-state index is 0.168. The van der Waals surface area contributed by atoms with Crippen molar-refractivity contribution in [2.75, 3.05) is 18.0 Å². The van der Waals surface area contributed by atoms with Gasteiger partial charge in [0.05, 0.1) is 30.2 Å². The first-order valence-corrected chi connectivity index (χ1v) is 7.36. The van der Waals surface area contributed by atoms with Crippen LogP contribution in [-0.4, -0.2) is 51.7 Å². The maximum Gasteiger partial charge on any atom is 0.410 e. The first-order valence-electron chi connectivity index (χ1n) is 7.36. The molecule has 0 saturated carbocycles. The molecule has 7 heteroatoms. The molecule has 7 nitrogen and oxygen atoms in total. The second-order valence-electron chi connectivity index (χ2n) is 6.71. The van der Waals surface area contributed by atoms with Crippen LogP contribution in [-0.2, 0) is 4.74 Å². The van der Waals surface area contributed by atoms with Crippen molar-refractivity contribution >= 4 is 11.8 Å². The minimum Gasteiger partial charge on any atom is -0.444 e. The van der Waals surface area contributed by atoms with E-state index < -0.39 is 5.60 Å². The van der Waals surface area contributed by atoms with Crippen LogP contribution in [0.2, 0.25) is 0 Å². The van der Waals surface area contributed by atoms with Crippen LogP contribution in [0.4, 0.5) is 10.5 Å². The average molecular weight is 301 g/mol. The molecule has 0 aromatic carbocycles. The highest BCUT2D eigenvalue weighted by atomic mass is 16.6. The molecule has 3 saturated heterocycles. The van der Waals surface area contributed by atoms with Gasteiger partial charge in [0.1, 0.15) is 11.7 Å². The summed E-state index contributed by atoms with van der Waals surface area (Å²) in [5, 5.41) is 8.73. The summed E-state index contributed by atoms with van der Waals surface area (Å²) in [6.07, 6.45) is 4.10. The average Bonchev–Trinajstić information content (AvgIpc) is 2.45. The summed E-state index contributed by atoms with van der Waals surface area (Å²) < 4.78 is 5.46. The number of aromatic nitrogens is 2. The molecule has 0 radical (unpaired) electrons. The Labute approximate surface area is 129 Å². The fraction of sp³-hybridized carbons (Fsp3) is 0.600. The number of carbonyl (C=O) groups excluding carboxylic acids is 1. The lowest BCUT2D eigenvalue weighted by atomic mass is 9.88. The fourth-order valence-electron chi connectivity index (χ4n) is 2.98. The number of piperazine rings is 1. The van der Waals surface area contributed by atoms with E-state index in [0.717, 1.165) is 25.2 Å². The summed E-state index contributed by atoms with van der Waals surface area (Å²) in [4.78, 5) is 24.2. The number of rotatable bonds is 1. The first kappa shape index (κ1) is 14.6. The van der Waals surface area contributed by atoms with Gasteiger partial charge >= 0.3 is 6.09 Å². The van der Waals surface area contributed by atoms with Crippen LogP contribution in [0.1, 0.15) is 33.0 Å². The van der Waals surface area contributed by atoms with Crippen molar-refractivity contribution in [1.82, 2.24) is 14.9 Å². The predicted molar refractivity (Wildman–Crippen MR) is 79.2 cm³/mol. The smallest absolute Gasteiger partial charge is 0.410 e. The minimum atomic E-state index is -0.471. The second kappa shape index (κ2) is 5.13. The van der Waals surface area contributed by atoms with Gasteiger partial charge in [-0.1, -0.05) is 0 Å². The molecule has 1 aromatic rings. The number of ether oxygens (including phenoxy) is 1. The summed E-state index contributed by atoms with van der Waals surface area (Å²) in [5.41, 5.74) is 0.416. The number of amides is 1. The second-order valence-corrected chi connectivity index (χ2v) is 6.71. The Balaban J connectivity index is 1.64. The molecule has 1 amide bonds. The highest BCUT2D eigenvalue weighted by Gasteiger charge is 2.48. The van der Waals surface area contributed by atoms with Crippen molar-refractivity contribution < 1.29 is 9.53 Å². The van der Waals surface area contributed by atoms with Crippen LogP contribution in [0.5, 0.6) is 0 Å². The van der Waals surface area contributed by atoms with E-state index in [-0.39, 0.29) is 24.0 Å². The Morgan fingerprint density at radius 1 is 1.32 bits per heavy atom. The van der Waals surface area contributed by atoms with Gasteiger partial charge in [-0.05, 0) is 27.2 Å². The van der Waals surface area contributed by atoms with Crippen LogP contribution in [0.25, 0.3) is 0 Å². The number of nitriles is 1. The van der Waals surface area contributed by atoms with Gasteiger partial charge < -0.3 is 9.64 Å². The van der Waals surface area contributed by atoms with Gasteiger partial charge in [0.2, 0.25) is 5.82 Å². The summed E-state index contributed by atoms with van der Waals surface area (Å²) in [6, 6.07) is 2.25. The first-order chi connectivity index (χ1) is 10.4. The molecule has 2 unspecified atom stereocenters.